The lowest BCUT2D eigenvalue weighted by Gasteiger charge is -2.32. The van der Waals surface area contributed by atoms with Crippen molar-refractivity contribution in [1.29, 1.82) is 0 Å². The molecule has 0 saturated carbocycles. The zero-order valence-corrected chi connectivity index (χ0v) is 18.8. The number of ether oxygens (including phenoxy) is 3. The molecule has 2 aliphatic rings. The highest BCUT2D eigenvalue weighted by atomic mass is 16.5. The minimum absolute atomic E-state index is 0.131. The van der Waals surface area contributed by atoms with E-state index in [1.54, 1.807) is 14.2 Å². The molecule has 0 bridgehead atoms. The first-order chi connectivity index (χ1) is 15.2. The van der Waals surface area contributed by atoms with Crippen LogP contribution in [0.1, 0.15) is 36.1 Å². The lowest BCUT2D eigenvalue weighted by atomic mass is 9.95. The molecule has 31 heavy (non-hydrogen) atoms. The number of rotatable bonds is 6. The van der Waals surface area contributed by atoms with Gasteiger partial charge in [0.2, 0.25) is 0 Å². The topological polar surface area (TPSA) is 55.3 Å². The van der Waals surface area contributed by atoms with Gasteiger partial charge in [-0.05, 0) is 48.6 Å². The molecular weight excluding hydrogens is 390 g/mol. The molecule has 0 amide bonds. The predicted molar refractivity (Wildman–Crippen MR) is 123 cm³/mol. The summed E-state index contributed by atoms with van der Waals surface area (Å²) in [5.41, 5.74) is 3.83. The van der Waals surface area contributed by atoms with Crippen LogP contribution in [0, 0.1) is 5.92 Å². The van der Waals surface area contributed by atoms with Crippen molar-refractivity contribution in [2.45, 2.75) is 32.4 Å². The van der Waals surface area contributed by atoms with Crippen LogP contribution in [0.4, 0.5) is 0 Å². The predicted octanol–water partition coefficient (Wildman–Crippen LogP) is 3.81. The van der Waals surface area contributed by atoms with Gasteiger partial charge in [-0.25, -0.2) is 0 Å². The molecular formula is C25H33N3O3. The van der Waals surface area contributed by atoms with Gasteiger partial charge < -0.3 is 24.4 Å². The summed E-state index contributed by atoms with van der Waals surface area (Å²) in [5, 5.41) is 3.49. The van der Waals surface area contributed by atoms with Crippen LogP contribution >= 0.6 is 0 Å². The number of nitrogens with one attached hydrogen (secondary N) is 1. The van der Waals surface area contributed by atoms with Crippen molar-refractivity contribution in [3.8, 4) is 11.5 Å². The van der Waals surface area contributed by atoms with Gasteiger partial charge >= 0.3 is 0 Å². The maximum Gasteiger partial charge on any atom is 0.194 e. The smallest absolute Gasteiger partial charge is 0.194 e. The van der Waals surface area contributed by atoms with Gasteiger partial charge in [-0.2, -0.15) is 0 Å². The second kappa shape index (κ2) is 10.1. The quantitative estimate of drug-likeness (QED) is 0.566. The van der Waals surface area contributed by atoms with Crippen LogP contribution in [-0.4, -0.2) is 51.3 Å². The Kier molecular flexibility index (Phi) is 6.97. The van der Waals surface area contributed by atoms with Crippen LogP contribution in [0.25, 0.3) is 0 Å². The minimum Gasteiger partial charge on any atom is -0.493 e. The van der Waals surface area contributed by atoms with E-state index in [4.69, 9.17) is 19.2 Å². The number of hydrogen-bond acceptors (Lipinski definition) is 4. The number of hydrogen-bond donors (Lipinski definition) is 1. The van der Waals surface area contributed by atoms with Gasteiger partial charge in [0.1, 0.15) is 0 Å². The fourth-order valence-electron chi connectivity index (χ4n) is 4.53. The summed E-state index contributed by atoms with van der Waals surface area (Å²) < 4.78 is 17.0. The molecule has 1 fully saturated rings. The van der Waals surface area contributed by atoms with Crippen LogP contribution in [-0.2, 0) is 17.7 Å². The molecule has 2 aromatic rings. The van der Waals surface area contributed by atoms with Crippen molar-refractivity contribution in [3.63, 3.8) is 0 Å². The Hall–Kier alpha value is -2.73. The summed E-state index contributed by atoms with van der Waals surface area (Å²) in [7, 11) is 3.37. The van der Waals surface area contributed by atoms with Crippen molar-refractivity contribution >= 4 is 5.96 Å². The van der Waals surface area contributed by atoms with Gasteiger partial charge in [0, 0.05) is 38.7 Å². The Morgan fingerprint density at radius 1 is 1.13 bits per heavy atom. The van der Waals surface area contributed by atoms with E-state index in [-0.39, 0.29) is 6.10 Å². The van der Waals surface area contributed by atoms with Crippen molar-refractivity contribution in [3.05, 3.63) is 59.2 Å². The standard InChI is InChI=1S/C25H33N3O3/c1-4-26-25(27-16-20-11-13-31-24(20)18-8-6-5-7-9-18)28-12-10-19-14-22(29-2)23(30-3)15-21(19)17-28/h5-9,14-15,20,24H,4,10-13,16-17H2,1-3H3,(H,26,27). The van der Waals surface area contributed by atoms with Crippen LogP contribution in [0.5, 0.6) is 11.5 Å². The number of methoxy groups -OCH3 is 2. The molecule has 0 radical (unpaired) electrons. The fourth-order valence-corrected chi connectivity index (χ4v) is 4.53. The van der Waals surface area contributed by atoms with E-state index in [1.807, 2.05) is 6.07 Å². The Morgan fingerprint density at radius 2 is 1.87 bits per heavy atom. The Morgan fingerprint density at radius 3 is 2.58 bits per heavy atom. The fraction of sp³-hybridized carbons (Fsp3) is 0.480. The van der Waals surface area contributed by atoms with Gasteiger partial charge in [0.25, 0.3) is 0 Å². The average molecular weight is 424 g/mol. The molecule has 2 aromatic carbocycles. The largest absolute Gasteiger partial charge is 0.493 e. The number of guanidine groups is 1. The molecule has 2 aliphatic heterocycles. The first-order valence-electron chi connectivity index (χ1n) is 11.2. The van der Waals surface area contributed by atoms with Crippen molar-refractivity contribution < 1.29 is 14.2 Å². The summed E-state index contributed by atoms with van der Waals surface area (Å²) in [5.74, 6) is 2.95. The normalized spacial score (nSPS) is 21.0. The summed E-state index contributed by atoms with van der Waals surface area (Å²) in [6, 6.07) is 14.7. The molecule has 2 unspecified atom stereocenters. The highest BCUT2D eigenvalue weighted by Gasteiger charge is 2.30. The Balaban J connectivity index is 1.49. The highest BCUT2D eigenvalue weighted by Crippen LogP contribution is 2.35. The van der Waals surface area contributed by atoms with E-state index >= 15 is 0 Å². The average Bonchev–Trinajstić information content (AvgIpc) is 3.29. The third-order valence-electron chi connectivity index (χ3n) is 6.17. The Labute approximate surface area is 185 Å². The summed E-state index contributed by atoms with van der Waals surface area (Å²) >= 11 is 0. The second-order valence-corrected chi connectivity index (χ2v) is 8.09. The second-order valence-electron chi connectivity index (χ2n) is 8.09. The lowest BCUT2D eigenvalue weighted by molar-refractivity contribution is 0.0925. The first kappa shape index (κ1) is 21.5. The molecule has 1 saturated heterocycles. The van der Waals surface area contributed by atoms with Gasteiger partial charge in [-0.3, -0.25) is 4.99 Å². The summed E-state index contributed by atoms with van der Waals surface area (Å²) in [4.78, 5) is 7.38. The van der Waals surface area contributed by atoms with E-state index < -0.39 is 0 Å². The molecule has 4 rings (SSSR count). The summed E-state index contributed by atoms with van der Waals surface area (Å²) in [6.45, 7) is 6.26. The maximum absolute atomic E-state index is 6.05. The molecule has 0 spiro atoms. The number of fused-ring (bicyclic) bond motifs is 1. The van der Waals surface area contributed by atoms with Crippen LogP contribution in [0.15, 0.2) is 47.5 Å². The molecule has 6 heteroatoms. The molecule has 166 valence electrons. The molecule has 6 nitrogen and oxygen atoms in total. The van der Waals surface area contributed by atoms with Gasteiger partial charge in [0.15, 0.2) is 17.5 Å². The minimum atomic E-state index is 0.131. The number of aliphatic imine (C=N–C) groups is 1. The van der Waals surface area contributed by atoms with Crippen LogP contribution in [0.3, 0.4) is 0 Å². The van der Waals surface area contributed by atoms with E-state index in [0.717, 1.165) is 63.1 Å². The van der Waals surface area contributed by atoms with E-state index in [1.165, 1.54) is 16.7 Å². The zero-order valence-electron chi connectivity index (χ0n) is 18.8. The Bertz CT molecular complexity index is 900. The highest BCUT2D eigenvalue weighted by molar-refractivity contribution is 5.80. The van der Waals surface area contributed by atoms with Crippen molar-refractivity contribution in [2.75, 3.05) is 40.5 Å². The maximum atomic E-state index is 6.05. The lowest BCUT2D eigenvalue weighted by Crippen LogP contribution is -2.44. The van der Waals surface area contributed by atoms with Gasteiger partial charge in [0.05, 0.1) is 20.3 Å². The van der Waals surface area contributed by atoms with Crippen LogP contribution in [0.2, 0.25) is 0 Å². The third-order valence-corrected chi connectivity index (χ3v) is 6.17. The van der Waals surface area contributed by atoms with Crippen LogP contribution < -0.4 is 14.8 Å². The van der Waals surface area contributed by atoms with Gasteiger partial charge in [-0.1, -0.05) is 30.3 Å². The molecule has 0 aromatic heterocycles. The first-order valence-corrected chi connectivity index (χ1v) is 11.2. The summed E-state index contributed by atoms with van der Waals surface area (Å²) in [6.07, 6.45) is 2.13. The van der Waals surface area contributed by atoms with Gasteiger partial charge in [-0.15, -0.1) is 0 Å². The SMILES string of the molecule is CCNC(=NCC1CCOC1c1ccccc1)N1CCc2cc(OC)c(OC)cc2C1. The molecule has 2 atom stereocenters. The molecule has 1 N–H and O–H groups in total. The third kappa shape index (κ3) is 4.79. The number of nitrogens with zero attached hydrogens (tertiary/aromatic N) is 2. The number of benzene rings is 2. The zero-order chi connectivity index (χ0) is 21.6. The van der Waals surface area contributed by atoms with Crippen molar-refractivity contribution in [1.82, 2.24) is 10.2 Å². The van der Waals surface area contributed by atoms with E-state index in [2.05, 4.69) is 53.5 Å². The van der Waals surface area contributed by atoms with E-state index in [0.29, 0.717) is 5.92 Å². The van der Waals surface area contributed by atoms with E-state index in [9.17, 15) is 0 Å². The van der Waals surface area contributed by atoms with Crippen molar-refractivity contribution in [2.24, 2.45) is 10.9 Å². The molecule has 2 heterocycles. The molecule has 0 aliphatic carbocycles. The monoisotopic (exact) mass is 423 g/mol.